The average molecular weight is 443 g/mol. The lowest BCUT2D eigenvalue weighted by Gasteiger charge is -2.20. The molecule has 8 heteroatoms. The third-order valence-corrected chi connectivity index (χ3v) is 6.34. The van der Waals surface area contributed by atoms with Gasteiger partial charge in [-0.1, -0.05) is 65.8 Å². The molecule has 1 aromatic heterocycles. The summed E-state index contributed by atoms with van der Waals surface area (Å²) in [6, 6.07) is 17.5. The lowest BCUT2D eigenvalue weighted by atomic mass is 10.1. The van der Waals surface area contributed by atoms with E-state index in [0.29, 0.717) is 16.8 Å². The molecule has 1 atom stereocenters. The number of halogens is 1. The molecule has 1 fully saturated rings. The number of para-hydroxylation sites is 1. The van der Waals surface area contributed by atoms with Gasteiger partial charge in [0.05, 0.1) is 5.02 Å². The second-order valence-corrected chi connectivity index (χ2v) is 8.84. The van der Waals surface area contributed by atoms with Gasteiger partial charge >= 0.3 is 0 Å². The zero-order chi connectivity index (χ0) is 21.1. The van der Waals surface area contributed by atoms with Gasteiger partial charge in [0.25, 0.3) is 0 Å². The maximum absolute atomic E-state index is 12.9. The topological polar surface area (TPSA) is 60.3 Å². The number of hydrogen-bond donors (Lipinski definition) is 0. The predicted octanol–water partition coefficient (Wildman–Crippen LogP) is 4.77. The Balaban J connectivity index is 1.59. The Morgan fingerprint density at radius 3 is 2.53 bits per heavy atom. The van der Waals surface area contributed by atoms with Crippen molar-refractivity contribution in [3.63, 3.8) is 0 Å². The van der Waals surface area contributed by atoms with Gasteiger partial charge in [0, 0.05) is 20.1 Å². The molecule has 1 amide bonds. The minimum atomic E-state index is -0.389. The number of carbonyl (C=O) groups excluding carboxylic acids is 1. The van der Waals surface area contributed by atoms with Gasteiger partial charge in [0.2, 0.25) is 5.91 Å². The highest BCUT2D eigenvalue weighted by atomic mass is 35.5. The lowest BCUT2D eigenvalue weighted by Crippen LogP contribution is -2.27. The number of amides is 1. The van der Waals surface area contributed by atoms with Crippen molar-refractivity contribution >= 4 is 29.3 Å². The van der Waals surface area contributed by atoms with Gasteiger partial charge in [-0.05, 0) is 30.5 Å². The van der Waals surface area contributed by atoms with Crippen molar-refractivity contribution < 1.29 is 9.53 Å². The van der Waals surface area contributed by atoms with Gasteiger partial charge in [-0.15, -0.1) is 10.2 Å². The number of carbonyl (C=O) groups is 1. The van der Waals surface area contributed by atoms with Gasteiger partial charge in [-0.2, -0.15) is 0 Å². The number of benzene rings is 2. The molecule has 0 N–H and O–H groups in total. The van der Waals surface area contributed by atoms with Crippen LogP contribution in [0.15, 0.2) is 59.8 Å². The predicted molar refractivity (Wildman–Crippen MR) is 118 cm³/mol. The van der Waals surface area contributed by atoms with E-state index in [1.54, 1.807) is 25.1 Å². The highest BCUT2D eigenvalue weighted by molar-refractivity contribution is 8.00. The number of nitrogens with zero attached hydrogens (tertiary/aromatic N) is 4. The van der Waals surface area contributed by atoms with Gasteiger partial charge in [0.15, 0.2) is 11.0 Å². The van der Waals surface area contributed by atoms with Gasteiger partial charge < -0.3 is 9.64 Å². The van der Waals surface area contributed by atoms with Crippen LogP contribution in [-0.4, -0.2) is 39.7 Å². The molecular formula is C22H23ClN4O2S. The summed E-state index contributed by atoms with van der Waals surface area (Å²) in [6.07, 6.45) is 2.14. The monoisotopic (exact) mass is 442 g/mol. The second-order valence-electron chi connectivity index (χ2n) is 7.36. The molecule has 0 saturated heterocycles. The van der Waals surface area contributed by atoms with Gasteiger partial charge in [-0.3, -0.25) is 9.36 Å². The summed E-state index contributed by atoms with van der Waals surface area (Å²) in [7, 11) is 3.54. The first-order chi connectivity index (χ1) is 14.5. The molecular weight excluding hydrogens is 420 g/mol. The quantitative estimate of drug-likeness (QED) is 0.470. The molecule has 0 radical (unpaired) electrons. The number of hydrogen-bond acceptors (Lipinski definition) is 5. The van der Waals surface area contributed by atoms with Crippen molar-refractivity contribution in [2.75, 3.05) is 14.1 Å². The van der Waals surface area contributed by atoms with Crippen molar-refractivity contribution in [1.82, 2.24) is 19.7 Å². The summed E-state index contributed by atoms with van der Waals surface area (Å²) in [5.41, 5.74) is 0.945. The molecule has 3 aromatic rings. The molecule has 4 rings (SSSR count). The lowest BCUT2D eigenvalue weighted by molar-refractivity contribution is -0.128. The molecule has 30 heavy (non-hydrogen) atoms. The molecule has 1 unspecified atom stereocenters. The SMILES string of the molecule is CN(C)C(=O)C(Sc1nnc(COc2ccccc2Cl)n1C1CC1)c1ccccc1. The normalized spacial score (nSPS) is 14.4. The van der Waals surface area contributed by atoms with Crippen molar-refractivity contribution in [2.24, 2.45) is 0 Å². The summed E-state index contributed by atoms with van der Waals surface area (Å²) in [6.45, 7) is 0.269. The maximum Gasteiger partial charge on any atom is 0.240 e. The van der Waals surface area contributed by atoms with E-state index >= 15 is 0 Å². The fraction of sp³-hybridized carbons (Fsp3) is 0.318. The number of aromatic nitrogens is 3. The third-order valence-electron chi connectivity index (χ3n) is 4.83. The molecule has 0 spiro atoms. The van der Waals surface area contributed by atoms with Crippen LogP contribution in [0.2, 0.25) is 5.02 Å². The molecule has 1 aliphatic carbocycles. The number of thioether (sulfide) groups is 1. The minimum Gasteiger partial charge on any atom is -0.484 e. The van der Waals surface area contributed by atoms with Crippen molar-refractivity contribution in [3.8, 4) is 5.75 Å². The van der Waals surface area contributed by atoms with Crippen LogP contribution in [0, 0.1) is 0 Å². The first kappa shape index (κ1) is 20.8. The van der Waals surface area contributed by atoms with Crippen LogP contribution < -0.4 is 4.74 Å². The van der Waals surface area contributed by atoms with Crippen LogP contribution >= 0.6 is 23.4 Å². The Morgan fingerprint density at radius 1 is 1.17 bits per heavy atom. The Labute approximate surface area is 185 Å². The molecule has 1 heterocycles. The summed E-state index contributed by atoms with van der Waals surface area (Å²) in [5.74, 6) is 1.37. The Morgan fingerprint density at radius 2 is 1.87 bits per heavy atom. The van der Waals surface area contributed by atoms with E-state index in [2.05, 4.69) is 14.8 Å². The van der Waals surface area contributed by atoms with E-state index in [1.807, 2.05) is 48.5 Å². The molecule has 0 aliphatic heterocycles. The molecule has 156 valence electrons. The first-order valence-electron chi connectivity index (χ1n) is 9.78. The fourth-order valence-electron chi connectivity index (χ4n) is 3.12. The molecule has 2 aromatic carbocycles. The Kier molecular flexibility index (Phi) is 6.29. The zero-order valence-corrected chi connectivity index (χ0v) is 18.4. The third kappa shape index (κ3) is 4.63. The summed E-state index contributed by atoms with van der Waals surface area (Å²) in [5, 5.41) is 9.69. The minimum absolute atomic E-state index is 0.0189. The van der Waals surface area contributed by atoms with Crippen LogP contribution in [0.25, 0.3) is 0 Å². The molecule has 6 nitrogen and oxygen atoms in total. The molecule has 1 saturated carbocycles. The van der Waals surface area contributed by atoms with E-state index in [-0.39, 0.29) is 17.8 Å². The van der Waals surface area contributed by atoms with E-state index in [0.717, 1.165) is 29.4 Å². The van der Waals surface area contributed by atoms with Crippen LogP contribution in [0.3, 0.4) is 0 Å². The Bertz CT molecular complexity index is 1020. The van der Waals surface area contributed by atoms with Crippen molar-refractivity contribution in [2.45, 2.75) is 35.9 Å². The number of likely N-dealkylation sites (N-methyl/N-ethyl adjacent to an activating group) is 1. The van der Waals surface area contributed by atoms with Crippen molar-refractivity contribution in [1.29, 1.82) is 0 Å². The first-order valence-corrected chi connectivity index (χ1v) is 11.0. The maximum atomic E-state index is 12.9. The van der Waals surface area contributed by atoms with Crippen LogP contribution in [0.1, 0.15) is 35.5 Å². The van der Waals surface area contributed by atoms with E-state index in [4.69, 9.17) is 16.3 Å². The van der Waals surface area contributed by atoms with Gasteiger partial charge in [-0.25, -0.2) is 0 Å². The average Bonchev–Trinajstić information content (AvgIpc) is 3.52. The number of ether oxygens (including phenoxy) is 1. The smallest absolute Gasteiger partial charge is 0.240 e. The van der Waals surface area contributed by atoms with Crippen molar-refractivity contribution in [3.05, 3.63) is 71.0 Å². The second kappa shape index (κ2) is 9.10. The fourth-order valence-corrected chi connectivity index (χ4v) is 4.58. The van der Waals surface area contributed by atoms with Crippen LogP contribution in [0.4, 0.5) is 0 Å². The van der Waals surface area contributed by atoms with E-state index in [1.165, 1.54) is 11.8 Å². The summed E-state index contributed by atoms with van der Waals surface area (Å²) >= 11 is 7.63. The molecule has 0 bridgehead atoms. The highest BCUT2D eigenvalue weighted by Gasteiger charge is 2.33. The Hall–Kier alpha value is -2.51. The van der Waals surface area contributed by atoms with Crippen LogP contribution in [0.5, 0.6) is 5.75 Å². The van der Waals surface area contributed by atoms with Crippen LogP contribution in [-0.2, 0) is 11.4 Å². The largest absolute Gasteiger partial charge is 0.484 e. The summed E-state index contributed by atoms with van der Waals surface area (Å²) in [4.78, 5) is 14.5. The van der Waals surface area contributed by atoms with Gasteiger partial charge in [0.1, 0.15) is 17.6 Å². The molecule has 1 aliphatic rings. The number of rotatable bonds is 8. The van der Waals surface area contributed by atoms with E-state index in [9.17, 15) is 4.79 Å². The standard InChI is InChI=1S/C22H23ClN4O2S/c1-26(2)21(28)20(15-8-4-3-5-9-15)30-22-25-24-19(27(22)16-12-13-16)14-29-18-11-7-6-10-17(18)23/h3-11,16,20H,12-14H2,1-2H3. The highest BCUT2D eigenvalue weighted by Crippen LogP contribution is 2.43. The zero-order valence-electron chi connectivity index (χ0n) is 16.9. The summed E-state index contributed by atoms with van der Waals surface area (Å²) < 4.78 is 8.00. The van der Waals surface area contributed by atoms with E-state index < -0.39 is 0 Å².